The third kappa shape index (κ3) is 4.11. The van der Waals surface area contributed by atoms with Gasteiger partial charge in [-0.15, -0.1) is 0 Å². The molecule has 2 N–H and O–H groups in total. The summed E-state index contributed by atoms with van der Waals surface area (Å²) in [5.41, 5.74) is 0.222. The molecule has 0 spiro atoms. The molecule has 0 fully saturated rings. The van der Waals surface area contributed by atoms with Gasteiger partial charge in [0.25, 0.3) is 5.56 Å². The molecule has 8 heteroatoms. The lowest BCUT2D eigenvalue weighted by Crippen LogP contribution is -2.32. The molecule has 1 rings (SSSR count). The number of hydrogen-bond acceptors (Lipinski definition) is 5. The predicted molar refractivity (Wildman–Crippen MR) is 70.6 cm³/mol. The third-order valence-electron chi connectivity index (χ3n) is 2.15. The van der Waals surface area contributed by atoms with Gasteiger partial charge in [0.2, 0.25) is 5.91 Å². The Balaban J connectivity index is 2.51. The first-order valence-electron chi connectivity index (χ1n) is 5.27. The lowest BCUT2D eigenvalue weighted by molar-refractivity contribution is -0.119. The summed E-state index contributed by atoms with van der Waals surface area (Å²) in [6.45, 7) is 0.979. The molecule has 0 aliphatic carbocycles. The number of carbonyl (C=O) groups is 1. The van der Waals surface area contributed by atoms with E-state index in [2.05, 4.69) is 31.7 Å². The molecule has 0 saturated heterocycles. The molecule has 1 aromatic rings. The average molecular weight is 319 g/mol. The first kappa shape index (κ1) is 14.7. The Morgan fingerprint density at radius 2 is 2.33 bits per heavy atom. The first-order chi connectivity index (χ1) is 8.56. The van der Waals surface area contributed by atoms with Gasteiger partial charge >= 0.3 is 0 Å². The van der Waals surface area contributed by atoms with Crippen molar-refractivity contribution in [1.29, 1.82) is 0 Å². The van der Waals surface area contributed by atoms with Crippen molar-refractivity contribution in [1.82, 2.24) is 15.1 Å². The quantitative estimate of drug-likeness (QED) is 0.704. The molecule has 0 radical (unpaired) electrons. The van der Waals surface area contributed by atoms with Gasteiger partial charge in [-0.2, -0.15) is 5.10 Å². The van der Waals surface area contributed by atoms with Crippen molar-refractivity contribution >= 4 is 27.5 Å². The molecule has 1 heterocycles. The highest BCUT2D eigenvalue weighted by atomic mass is 79.9. The summed E-state index contributed by atoms with van der Waals surface area (Å²) >= 11 is 3.16. The molecule has 18 heavy (non-hydrogen) atoms. The van der Waals surface area contributed by atoms with Crippen LogP contribution in [-0.4, -0.2) is 42.5 Å². The van der Waals surface area contributed by atoms with Gasteiger partial charge in [0.15, 0.2) is 0 Å². The van der Waals surface area contributed by atoms with Gasteiger partial charge in [-0.05, 0) is 15.9 Å². The highest BCUT2D eigenvalue weighted by Crippen LogP contribution is 2.14. The summed E-state index contributed by atoms with van der Waals surface area (Å²) in [6.07, 6.45) is 1.48. The van der Waals surface area contributed by atoms with E-state index in [1.54, 1.807) is 14.2 Å². The van der Waals surface area contributed by atoms with E-state index in [1.165, 1.54) is 10.9 Å². The van der Waals surface area contributed by atoms with Crippen LogP contribution in [0.15, 0.2) is 15.5 Å². The molecule has 0 aliphatic heterocycles. The van der Waals surface area contributed by atoms with Crippen LogP contribution in [0.5, 0.6) is 0 Å². The smallest absolute Gasteiger partial charge is 0.282 e. The standard InChI is InChI=1S/C10H15BrN4O3/c1-15-10(17)9(11)7(5-14-15)13-6-8(16)12-3-4-18-2/h5,13H,3-4,6H2,1-2H3,(H,12,16). The van der Waals surface area contributed by atoms with E-state index >= 15 is 0 Å². The highest BCUT2D eigenvalue weighted by molar-refractivity contribution is 9.10. The molecule has 100 valence electrons. The lowest BCUT2D eigenvalue weighted by Gasteiger charge is -2.09. The van der Waals surface area contributed by atoms with E-state index in [1.807, 2.05) is 0 Å². The van der Waals surface area contributed by atoms with Crippen LogP contribution >= 0.6 is 15.9 Å². The van der Waals surface area contributed by atoms with Gasteiger partial charge in [-0.3, -0.25) is 9.59 Å². The molecule has 0 atom stereocenters. The number of methoxy groups -OCH3 is 1. The number of nitrogens with zero attached hydrogens (tertiary/aromatic N) is 2. The fourth-order valence-corrected chi connectivity index (χ4v) is 1.66. The van der Waals surface area contributed by atoms with Gasteiger partial charge in [-0.1, -0.05) is 0 Å². The Kier molecular flexibility index (Phi) is 5.79. The van der Waals surface area contributed by atoms with Gasteiger partial charge in [0.1, 0.15) is 4.47 Å². The summed E-state index contributed by atoms with van der Waals surface area (Å²) in [5.74, 6) is -0.181. The zero-order chi connectivity index (χ0) is 13.5. The number of halogens is 1. The number of anilines is 1. The molecule has 0 unspecified atom stereocenters. The van der Waals surface area contributed by atoms with Crippen molar-refractivity contribution in [3.63, 3.8) is 0 Å². The summed E-state index contributed by atoms with van der Waals surface area (Å²) in [5, 5.41) is 9.34. The molecule has 0 aliphatic rings. The Bertz CT molecular complexity index is 475. The van der Waals surface area contributed by atoms with Crippen LogP contribution in [0, 0.1) is 0 Å². The molecule has 0 bridgehead atoms. The van der Waals surface area contributed by atoms with Crippen molar-refractivity contribution in [2.75, 3.05) is 32.1 Å². The summed E-state index contributed by atoms with van der Waals surface area (Å²) in [6, 6.07) is 0. The normalized spacial score (nSPS) is 10.2. The number of aromatic nitrogens is 2. The maximum atomic E-state index is 11.5. The Morgan fingerprint density at radius 3 is 3.00 bits per heavy atom. The number of amides is 1. The minimum absolute atomic E-state index is 0.0666. The molecule has 0 aromatic carbocycles. The van der Waals surface area contributed by atoms with E-state index in [0.29, 0.717) is 23.3 Å². The second-order valence-corrected chi connectivity index (χ2v) is 4.29. The van der Waals surface area contributed by atoms with E-state index in [0.717, 1.165) is 0 Å². The SMILES string of the molecule is COCCNC(=O)CNc1cnn(C)c(=O)c1Br. The summed E-state index contributed by atoms with van der Waals surface area (Å²) < 4.78 is 6.36. The number of nitrogens with one attached hydrogen (secondary N) is 2. The number of carbonyl (C=O) groups excluding carboxylic acids is 1. The fourth-order valence-electron chi connectivity index (χ4n) is 1.16. The van der Waals surface area contributed by atoms with E-state index in [4.69, 9.17) is 4.74 Å². The van der Waals surface area contributed by atoms with Crippen LogP contribution in [0.3, 0.4) is 0 Å². The van der Waals surface area contributed by atoms with Crippen LogP contribution in [0.25, 0.3) is 0 Å². The maximum absolute atomic E-state index is 11.5. The predicted octanol–water partition coefficient (Wildman–Crippen LogP) is -0.283. The number of hydrogen-bond donors (Lipinski definition) is 2. The van der Waals surface area contributed by atoms with Crippen LogP contribution < -0.4 is 16.2 Å². The van der Waals surface area contributed by atoms with E-state index < -0.39 is 0 Å². The Labute approximate surface area is 113 Å². The molecule has 0 saturated carbocycles. The monoisotopic (exact) mass is 318 g/mol. The summed E-state index contributed by atoms with van der Waals surface area (Å²) in [4.78, 5) is 22.9. The maximum Gasteiger partial charge on any atom is 0.282 e. The molecule has 7 nitrogen and oxygen atoms in total. The number of aryl methyl sites for hydroxylation is 1. The average Bonchev–Trinajstić information content (AvgIpc) is 2.35. The van der Waals surface area contributed by atoms with Crippen molar-refractivity contribution in [2.45, 2.75) is 0 Å². The first-order valence-corrected chi connectivity index (χ1v) is 6.07. The second kappa shape index (κ2) is 7.12. The summed E-state index contributed by atoms with van der Waals surface area (Å²) in [7, 11) is 3.11. The van der Waals surface area contributed by atoms with Gasteiger partial charge in [0.05, 0.1) is 25.0 Å². The van der Waals surface area contributed by atoms with Crippen LogP contribution in [0.2, 0.25) is 0 Å². The minimum atomic E-state index is -0.264. The molecule has 1 amide bonds. The van der Waals surface area contributed by atoms with Gasteiger partial charge in [-0.25, -0.2) is 4.68 Å². The van der Waals surface area contributed by atoms with Crippen molar-refractivity contribution in [2.24, 2.45) is 7.05 Å². The molecular weight excluding hydrogens is 304 g/mol. The fraction of sp³-hybridized carbons (Fsp3) is 0.500. The zero-order valence-corrected chi connectivity index (χ0v) is 11.8. The topological polar surface area (TPSA) is 85.2 Å². The van der Waals surface area contributed by atoms with Crippen molar-refractivity contribution < 1.29 is 9.53 Å². The van der Waals surface area contributed by atoms with Gasteiger partial charge in [0, 0.05) is 20.7 Å². The Hall–Kier alpha value is -1.41. The van der Waals surface area contributed by atoms with E-state index in [-0.39, 0.29) is 18.0 Å². The zero-order valence-electron chi connectivity index (χ0n) is 10.2. The molecule has 1 aromatic heterocycles. The van der Waals surface area contributed by atoms with Crippen LogP contribution in [0.1, 0.15) is 0 Å². The van der Waals surface area contributed by atoms with E-state index in [9.17, 15) is 9.59 Å². The van der Waals surface area contributed by atoms with Gasteiger partial charge < -0.3 is 15.4 Å². The number of rotatable bonds is 6. The minimum Gasteiger partial charge on any atom is -0.383 e. The number of ether oxygens (including phenoxy) is 1. The second-order valence-electron chi connectivity index (χ2n) is 3.50. The Morgan fingerprint density at radius 1 is 1.61 bits per heavy atom. The lowest BCUT2D eigenvalue weighted by atomic mass is 10.4. The van der Waals surface area contributed by atoms with Crippen LogP contribution in [-0.2, 0) is 16.6 Å². The molecular formula is C10H15BrN4O3. The largest absolute Gasteiger partial charge is 0.383 e. The third-order valence-corrected chi connectivity index (χ3v) is 2.91. The van der Waals surface area contributed by atoms with Crippen molar-refractivity contribution in [3.8, 4) is 0 Å². The highest BCUT2D eigenvalue weighted by Gasteiger charge is 2.07. The van der Waals surface area contributed by atoms with Crippen molar-refractivity contribution in [3.05, 3.63) is 21.0 Å². The van der Waals surface area contributed by atoms with Crippen LogP contribution in [0.4, 0.5) is 5.69 Å².